The molecule has 4 heteroatoms. The first-order valence-corrected chi connectivity index (χ1v) is 6.20. The van der Waals surface area contributed by atoms with Crippen LogP contribution in [0.5, 0.6) is 0 Å². The minimum absolute atomic E-state index is 0.0530. The number of amides is 1. The van der Waals surface area contributed by atoms with Gasteiger partial charge in [-0.25, -0.2) is 4.39 Å². The summed E-state index contributed by atoms with van der Waals surface area (Å²) in [5, 5.41) is 6.79. The highest BCUT2D eigenvalue weighted by Crippen LogP contribution is 2.06. The fourth-order valence-corrected chi connectivity index (χ4v) is 2.11. The van der Waals surface area contributed by atoms with Crippen molar-refractivity contribution in [3.8, 4) is 0 Å². The lowest BCUT2D eigenvalue weighted by Crippen LogP contribution is -2.24. The lowest BCUT2D eigenvalue weighted by Gasteiger charge is -2.04. The van der Waals surface area contributed by atoms with E-state index in [9.17, 15) is 9.18 Å². The van der Waals surface area contributed by atoms with E-state index in [1.54, 1.807) is 23.5 Å². The summed E-state index contributed by atoms with van der Waals surface area (Å²) in [5.41, 5.74) is 1.91. The van der Waals surface area contributed by atoms with Crippen LogP contribution in [0.4, 0.5) is 4.39 Å². The lowest BCUT2D eigenvalue weighted by atomic mass is 10.1. The van der Waals surface area contributed by atoms with Gasteiger partial charge < -0.3 is 5.32 Å². The zero-order valence-corrected chi connectivity index (χ0v) is 9.97. The smallest absolute Gasteiger partial charge is 0.224 e. The highest BCUT2D eigenvalue weighted by Gasteiger charge is 2.03. The number of thiophene rings is 1. The van der Waals surface area contributed by atoms with Gasteiger partial charge in [-0.1, -0.05) is 12.1 Å². The van der Waals surface area contributed by atoms with Crippen LogP contribution >= 0.6 is 11.3 Å². The minimum Gasteiger partial charge on any atom is -0.352 e. The third-order valence-electron chi connectivity index (χ3n) is 2.35. The van der Waals surface area contributed by atoms with E-state index >= 15 is 0 Å². The van der Waals surface area contributed by atoms with E-state index in [0.29, 0.717) is 6.54 Å². The molecule has 1 amide bonds. The van der Waals surface area contributed by atoms with Crippen molar-refractivity contribution in [1.29, 1.82) is 0 Å². The Morgan fingerprint density at radius 3 is 2.59 bits per heavy atom. The molecule has 1 aromatic heterocycles. The first kappa shape index (κ1) is 11.8. The fourth-order valence-electron chi connectivity index (χ4n) is 1.44. The third kappa shape index (κ3) is 3.67. The van der Waals surface area contributed by atoms with Gasteiger partial charge in [-0.05, 0) is 40.1 Å². The van der Waals surface area contributed by atoms with Gasteiger partial charge in [0, 0.05) is 6.54 Å². The van der Waals surface area contributed by atoms with Crippen LogP contribution in [0.1, 0.15) is 11.1 Å². The van der Waals surface area contributed by atoms with Gasteiger partial charge in [-0.15, -0.1) is 0 Å². The molecule has 0 aliphatic rings. The molecule has 2 aromatic rings. The van der Waals surface area contributed by atoms with Crippen molar-refractivity contribution < 1.29 is 9.18 Å². The van der Waals surface area contributed by atoms with E-state index in [2.05, 4.69) is 5.32 Å². The maximum absolute atomic E-state index is 12.7. The van der Waals surface area contributed by atoms with Gasteiger partial charge in [-0.3, -0.25) is 4.79 Å². The largest absolute Gasteiger partial charge is 0.352 e. The van der Waals surface area contributed by atoms with E-state index in [1.807, 2.05) is 16.8 Å². The Morgan fingerprint density at radius 1 is 1.18 bits per heavy atom. The van der Waals surface area contributed by atoms with Crippen molar-refractivity contribution in [2.24, 2.45) is 0 Å². The summed E-state index contributed by atoms with van der Waals surface area (Å²) in [4.78, 5) is 11.6. The molecule has 88 valence electrons. The van der Waals surface area contributed by atoms with Crippen LogP contribution in [0.2, 0.25) is 0 Å². The van der Waals surface area contributed by atoms with Gasteiger partial charge in [0.2, 0.25) is 5.91 Å². The molecular formula is C13H12FNOS. The van der Waals surface area contributed by atoms with Crippen LogP contribution in [0.25, 0.3) is 0 Å². The van der Waals surface area contributed by atoms with Crippen LogP contribution in [-0.4, -0.2) is 5.91 Å². The van der Waals surface area contributed by atoms with E-state index in [-0.39, 0.29) is 18.1 Å². The first-order chi connectivity index (χ1) is 8.24. The van der Waals surface area contributed by atoms with Gasteiger partial charge in [-0.2, -0.15) is 11.3 Å². The standard InChI is InChI=1S/C13H12FNOS/c14-12-3-1-10(2-4-12)7-13(16)15-8-11-5-6-17-9-11/h1-6,9H,7-8H2,(H,15,16). The Morgan fingerprint density at radius 2 is 1.94 bits per heavy atom. The van der Waals surface area contributed by atoms with Crippen LogP contribution < -0.4 is 5.32 Å². The number of rotatable bonds is 4. The average molecular weight is 249 g/mol. The van der Waals surface area contributed by atoms with Crippen LogP contribution in [0, 0.1) is 5.82 Å². The SMILES string of the molecule is O=C(Cc1ccc(F)cc1)NCc1ccsc1. The van der Waals surface area contributed by atoms with Crippen molar-refractivity contribution in [3.05, 3.63) is 58.0 Å². The predicted molar refractivity (Wildman–Crippen MR) is 66.3 cm³/mol. The fraction of sp³-hybridized carbons (Fsp3) is 0.154. The van der Waals surface area contributed by atoms with E-state index in [1.165, 1.54) is 12.1 Å². The van der Waals surface area contributed by atoms with E-state index < -0.39 is 0 Å². The first-order valence-electron chi connectivity index (χ1n) is 5.26. The molecule has 0 fully saturated rings. The van der Waals surface area contributed by atoms with Crippen LogP contribution in [0.3, 0.4) is 0 Å². The molecule has 0 aliphatic heterocycles. The third-order valence-corrected chi connectivity index (χ3v) is 3.08. The Kier molecular flexibility index (Phi) is 3.88. The molecule has 17 heavy (non-hydrogen) atoms. The molecule has 2 rings (SSSR count). The van der Waals surface area contributed by atoms with Crippen molar-refractivity contribution in [3.63, 3.8) is 0 Å². The molecule has 0 saturated heterocycles. The highest BCUT2D eigenvalue weighted by atomic mass is 32.1. The molecule has 0 spiro atoms. The second-order valence-electron chi connectivity index (χ2n) is 3.71. The monoisotopic (exact) mass is 249 g/mol. The lowest BCUT2D eigenvalue weighted by molar-refractivity contribution is -0.120. The molecule has 1 heterocycles. The maximum atomic E-state index is 12.7. The van der Waals surface area contributed by atoms with Crippen molar-refractivity contribution in [2.75, 3.05) is 0 Å². The number of carbonyl (C=O) groups is 1. The molecule has 2 nitrogen and oxygen atoms in total. The van der Waals surface area contributed by atoms with Crippen LogP contribution in [-0.2, 0) is 17.8 Å². The van der Waals surface area contributed by atoms with Gasteiger partial charge in [0.1, 0.15) is 5.82 Å². The summed E-state index contributed by atoms with van der Waals surface area (Å²) in [6.07, 6.45) is 0.282. The van der Waals surface area contributed by atoms with Gasteiger partial charge in [0.25, 0.3) is 0 Å². The molecule has 1 aromatic carbocycles. The number of benzene rings is 1. The number of hydrogen-bond donors (Lipinski definition) is 1. The quantitative estimate of drug-likeness (QED) is 0.887. The molecule has 0 aliphatic carbocycles. The van der Waals surface area contributed by atoms with Crippen LogP contribution in [0.15, 0.2) is 41.1 Å². The average Bonchev–Trinajstić information content (AvgIpc) is 2.83. The van der Waals surface area contributed by atoms with Gasteiger partial charge in [0.05, 0.1) is 6.42 Å². The summed E-state index contributed by atoms with van der Waals surface area (Å²) in [5.74, 6) is -0.338. The van der Waals surface area contributed by atoms with Crippen molar-refractivity contribution in [1.82, 2.24) is 5.32 Å². The predicted octanol–water partition coefficient (Wildman–Crippen LogP) is 2.75. The van der Waals surface area contributed by atoms with E-state index in [4.69, 9.17) is 0 Å². The topological polar surface area (TPSA) is 29.1 Å². The molecule has 0 radical (unpaired) electrons. The number of nitrogens with one attached hydrogen (secondary N) is 1. The Hall–Kier alpha value is -1.68. The maximum Gasteiger partial charge on any atom is 0.224 e. The summed E-state index contributed by atoms with van der Waals surface area (Å²) < 4.78 is 12.7. The summed E-state index contributed by atoms with van der Waals surface area (Å²) >= 11 is 1.60. The van der Waals surface area contributed by atoms with Crippen molar-refractivity contribution >= 4 is 17.2 Å². The van der Waals surface area contributed by atoms with E-state index in [0.717, 1.165) is 11.1 Å². The minimum atomic E-state index is -0.285. The summed E-state index contributed by atoms with van der Waals surface area (Å²) in [6.45, 7) is 0.545. The summed E-state index contributed by atoms with van der Waals surface area (Å²) in [6, 6.07) is 7.95. The molecule has 1 N–H and O–H groups in total. The summed E-state index contributed by atoms with van der Waals surface area (Å²) in [7, 11) is 0. The number of halogens is 1. The number of hydrogen-bond acceptors (Lipinski definition) is 2. The van der Waals surface area contributed by atoms with Crippen molar-refractivity contribution in [2.45, 2.75) is 13.0 Å². The second kappa shape index (κ2) is 5.59. The zero-order valence-electron chi connectivity index (χ0n) is 9.15. The molecular weight excluding hydrogens is 237 g/mol. The molecule has 0 atom stereocenters. The molecule has 0 bridgehead atoms. The van der Waals surface area contributed by atoms with Gasteiger partial charge >= 0.3 is 0 Å². The zero-order chi connectivity index (χ0) is 12.1. The number of carbonyl (C=O) groups excluding carboxylic acids is 1. The van der Waals surface area contributed by atoms with Gasteiger partial charge in [0.15, 0.2) is 0 Å². The highest BCUT2D eigenvalue weighted by molar-refractivity contribution is 7.07. The second-order valence-corrected chi connectivity index (χ2v) is 4.49. The Bertz CT molecular complexity index is 479. The Balaban J connectivity index is 1.83. The molecule has 0 saturated carbocycles. The molecule has 0 unspecified atom stereocenters. The Labute approximate surface area is 103 Å². The normalized spacial score (nSPS) is 10.2.